The summed E-state index contributed by atoms with van der Waals surface area (Å²) in [5.41, 5.74) is 1.20. The van der Waals surface area contributed by atoms with Crippen LogP contribution >= 0.6 is 0 Å². The first-order chi connectivity index (χ1) is 6.52. The fourth-order valence-electron chi connectivity index (χ4n) is 1.23. The van der Waals surface area contributed by atoms with Crippen molar-refractivity contribution in [3.8, 4) is 0 Å². The number of rotatable bonds is 5. The molecule has 1 heteroatoms. The summed E-state index contributed by atoms with van der Waals surface area (Å²) in [5.74, 6) is 1.35. The van der Waals surface area contributed by atoms with Crippen LogP contribution in [-0.4, -0.2) is 6.10 Å². The smallest absolute Gasteiger partial charge is 0.122 e. The summed E-state index contributed by atoms with van der Waals surface area (Å²) < 4.78 is 5.69. The molecule has 0 aromatic heterocycles. The van der Waals surface area contributed by atoms with Crippen molar-refractivity contribution in [2.24, 2.45) is 5.92 Å². The van der Waals surface area contributed by atoms with Crippen LogP contribution in [0.15, 0.2) is 36.1 Å². The Morgan fingerprint density at radius 1 is 1.21 bits per heavy atom. The molecule has 0 aliphatic rings. The Bertz CT molecular complexity index is 232. The summed E-state index contributed by atoms with van der Waals surface area (Å²) in [6, 6.07) is 0. The molecule has 0 aliphatic heterocycles. The third-order valence-corrected chi connectivity index (χ3v) is 1.80. The lowest BCUT2D eigenvalue weighted by Gasteiger charge is -2.16. The van der Waals surface area contributed by atoms with Crippen molar-refractivity contribution in [1.29, 1.82) is 0 Å². The van der Waals surface area contributed by atoms with Crippen molar-refractivity contribution < 1.29 is 4.74 Å². The van der Waals surface area contributed by atoms with E-state index in [1.54, 1.807) is 6.08 Å². The van der Waals surface area contributed by atoms with Gasteiger partial charge in [-0.3, -0.25) is 0 Å². The number of hydrogen-bond donors (Lipinski definition) is 0. The Balaban J connectivity index is 4.97. The summed E-state index contributed by atoms with van der Waals surface area (Å²) in [6.45, 7) is 14.2. The molecule has 0 heterocycles. The van der Waals surface area contributed by atoms with Gasteiger partial charge >= 0.3 is 0 Å². The second kappa shape index (κ2) is 6.47. The van der Waals surface area contributed by atoms with E-state index in [0.29, 0.717) is 5.92 Å². The maximum Gasteiger partial charge on any atom is 0.122 e. The third kappa shape index (κ3) is 4.31. The van der Waals surface area contributed by atoms with Crippen LogP contribution in [0, 0.1) is 5.92 Å². The van der Waals surface area contributed by atoms with E-state index in [-0.39, 0.29) is 6.10 Å². The molecular formula is C13H22O. The predicted octanol–water partition coefficient (Wildman–Crippen LogP) is 4.08. The average molecular weight is 194 g/mol. The van der Waals surface area contributed by atoms with Gasteiger partial charge in [-0.25, -0.2) is 0 Å². The van der Waals surface area contributed by atoms with Crippen LogP contribution in [-0.2, 0) is 4.74 Å². The summed E-state index contributed by atoms with van der Waals surface area (Å²) in [5, 5.41) is 0. The second-order valence-corrected chi connectivity index (χ2v) is 3.85. The van der Waals surface area contributed by atoms with Gasteiger partial charge in [0.25, 0.3) is 0 Å². The number of ether oxygens (including phenoxy) is 1. The quantitative estimate of drug-likeness (QED) is 0.473. The van der Waals surface area contributed by atoms with Crippen molar-refractivity contribution in [1.82, 2.24) is 0 Å². The number of hydrogen-bond acceptors (Lipinski definition) is 1. The highest BCUT2D eigenvalue weighted by atomic mass is 16.5. The molecule has 0 saturated carbocycles. The van der Waals surface area contributed by atoms with Gasteiger partial charge in [0, 0.05) is 0 Å². The molecular weight excluding hydrogens is 172 g/mol. The van der Waals surface area contributed by atoms with E-state index in [1.807, 2.05) is 26.8 Å². The molecule has 0 saturated heterocycles. The van der Waals surface area contributed by atoms with Crippen molar-refractivity contribution in [2.75, 3.05) is 0 Å². The fourth-order valence-corrected chi connectivity index (χ4v) is 1.23. The molecule has 0 rings (SSSR count). The minimum Gasteiger partial charge on any atom is -0.491 e. The van der Waals surface area contributed by atoms with E-state index < -0.39 is 0 Å². The van der Waals surface area contributed by atoms with E-state index in [9.17, 15) is 0 Å². The van der Waals surface area contributed by atoms with Crippen LogP contribution in [0.3, 0.4) is 0 Å². The molecule has 0 spiro atoms. The van der Waals surface area contributed by atoms with Gasteiger partial charge in [0.05, 0.1) is 6.10 Å². The van der Waals surface area contributed by atoms with Crippen LogP contribution in [0.4, 0.5) is 0 Å². The summed E-state index contributed by atoms with van der Waals surface area (Å²) in [7, 11) is 0. The van der Waals surface area contributed by atoms with Crippen LogP contribution in [0.2, 0.25) is 0 Å². The Morgan fingerprint density at radius 3 is 2.07 bits per heavy atom. The molecule has 0 radical (unpaired) electrons. The van der Waals surface area contributed by atoms with E-state index in [2.05, 4.69) is 26.5 Å². The van der Waals surface area contributed by atoms with Crippen molar-refractivity contribution in [2.45, 2.75) is 40.7 Å². The Morgan fingerprint density at radius 2 is 1.79 bits per heavy atom. The predicted molar refractivity (Wildman–Crippen MR) is 63.1 cm³/mol. The lowest BCUT2D eigenvalue weighted by molar-refractivity contribution is 0.154. The molecule has 0 fully saturated rings. The maximum absolute atomic E-state index is 5.69. The summed E-state index contributed by atoms with van der Waals surface area (Å²) in [6.07, 6.45) is 6.10. The van der Waals surface area contributed by atoms with Gasteiger partial charge < -0.3 is 4.74 Å². The van der Waals surface area contributed by atoms with Gasteiger partial charge in [0.2, 0.25) is 0 Å². The molecule has 0 amide bonds. The molecule has 0 N–H and O–H groups in total. The number of allylic oxidation sites excluding steroid dienone is 4. The summed E-state index contributed by atoms with van der Waals surface area (Å²) >= 11 is 0. The minimum absolute atomic E-state index is 0.196. The van der Waals surface area contributed by atoms with Crippen LogP contribution in [0.25, 0.3) is 0 Å². The van der Waals surface area contributed by atoms with Crippen LogP contribution in [0.1, 0.15) is 34.6 Å². The van der Waals surface area contributed by atoms with Gasteiger partial charge in [-0.1, -0.05) is 32.6 Å². The molecule has 0 aliphatic carbocycles. The van der Waals surface area contributed by atoms with E-state index in [0.717, 1.165) is 5.76 Å². The summed E-state index contributed by atoms with van der Waals surface area (Å²) in [4.78, 5) is 0. The highest BCUT2D eigenvalue weighted by Crippen LogP contribution is 2.19. The first-order valence-corrected chi connectivity index (χ1v) is 5.18. The molecule has 80 valence electrons. The molecule has 0 aromatic rings. The zero-order valence-electron chi connectivity index (χ0n) is 10.0. The average Bonchev–Trinajstić information content (AvgIpc) is 2.10. The Kier molecular flexibility index (Phi) is 6.02. The Hall–Kier alpha value is -0.980. The topological polar surface area (TPSA) is 9.23 Å². The minimum atomic E-state index is 0.196. The highest BCUT2D eigenvalue weighted by Gasteiger charge is 2.07. The maximum atomic E-state index is 5.69. The van der Waals surface area contributed by atoms with E-state index >= 15 is 0 Å². The zero-order chi connectivity index (χ0) is 11.1. The fraction of sp³-hybridized carbons (Fsp3) is 0.538. The van der Waals surface area contributed by atoms with Gasteiger partial charge in [-0.15, -0.1) is 0 Å². The van der Waals surface area contributed by atoms with Crippen molar-refractivity contribution in [3.63, 3.8) is 0 Å². The molecule has 0 atom stereocenters. The van der Waals surface area contributed by atoms with Gasteiger partial charge in [0.1, 0.15) is 5.76 Å². The normalized spacial score (nSPS) is 13.6. The molecule has 14 heavy (non-hydrogen) atoms. The standard InChI is InChI=1S/C13H22O/c1-7-9-12(10(3)4)13(8-2)14-11(5)6/h7-11H,2H2,1,3-6H3/b9-7-,13-12-. The van der Waals surface area contributed by atoms with E-state index in [4.69, 9.17) is 4.74 Å². The zero-order valence-corrected chi connectivity index (χ0v) is 10.0. The monoisotopic (exact) mass is 194 g/mol. The SMILES string of the molecule is C=C/C(OC(C)C)=C(\C=C/C)C(C)C. The first kappa shape index (κ1) is 13.0. The molecule has 1 nitrogen and oxygen atoms in total. The van der Waals surface area contributed by atoms with Crippen LogP contribution < -0.4 is 0 Å². The van der Waals surface area contributed by atoms with E-state index in [1.165, 1.54) is 5.57 Å². The second-order valence-electron chi connectivity index (χ2n) is 3.85. The van der Waals surface area contributed by atoms with Gasteiger partial charge in [-0.05, 0) is 38.3 Å². The lowest BCUT2D eigenvalue weighted by atomic mass is 10.0. The Labute approximate surface area is 88.2 Å². The van der Waals surface area contributed by atoms with Crippen molar-refractivity contribution in [3.05, 3.63) is 36.1 Å². The lowest BCUT2D eigenvalue weighted by Crippen LogP contribution is -2.05. The largest absolute Gasteiger partial charge is 0.491 e. The third-order valence-electron chi connectivity index (χ3n) is 1.80. The van der Waals surface area contributed by atoms with Crippen molar-refractivity contribution >= 4 is 0 Å². The van der Waals surface area contributed by atoms with Gasteiger partial charge in [0.15, 0.2) is 0 Å². The van der Waals surface area contributed by atoms with Gasteiger partial charge in [-0.2, -0.15) is 0 Å². The molecule has 0 aromatic carbocycles. The first-order valence-electron chi connectivity index (χ1n) is 5.18. The van der Waals surface area contributed by atoms with Crippen LogP contribution in [0.5, 0.6) is 0 Å². The molecule has 0 bridgehead atoms. The molecule has 0 unspecified atom stereocenters. The highest BCUT2D eigenvalue weighted by molar-refractivity contribution is 5.29.